The molecular formula is C30H46O5. The van der Waals surface area contributed by atoms with Gasteiger partial charge in [0.05, 0.1) is 24.4 Å². The van der Waals surface area contributed by atoms with E-state index in [-0.39, 0.29) is 28.3 Å². The van der Waals surface area contributed by atoms with Gasteiger partial charge in [0.25, 0.3) is 0 Å². The summed E-state index contributed by atoms with van der Waals surface area (Å²) in [6.45, 7) is 16.4. The second kappa shape index (κ2) is 6.57. The normalized spacial score (nSPS) is 58.0. The van der Waals surface area contributed by atoms with E-state index in [1.807, 2.05) is 13.8 Å². The van der Waals surface area contributed by atoms with E-state index in [2.05, 4.69) is 34.6 Å². The van der Waals surface area contributed by atoms with Gasteiger partial charge in [0.2, 0.25) is 0 Å². The molecule has 5 nitrogen and oxygen atoms in total. The van der Waals surface area contributed by atoms with Crippen molar-refractivity contribution in [3.05, 3.63) is 11.1 Å². The fourth-order valence-electron chi connectivity index (χ4n) is 11.5. The molecule has 0 aromatic rings. The molecule has 2 saturated carbocycles. The van der Waals surface area contributed by atoms with Gasteiger partial charge in [0.15, 0.2) is 5.79 Å². The minimum absolute atomic E-state index is 0.109. The second-order valence-corrected chi connectivity index (χ2v) is 15.1. The van der Waals surface area contributed by atoms with Gasteiger partial charge >= 0.3 is 0 Å². The first kappa shape index (κ1) is 23.6. The summed E-state index contributed by atoms with van der Waals surface area (Å²) < 4.78 is 20.1. The van der Waals surface area contributed by atoms with Gasteiger partial charge in [-0.2, -0.15) is 0 Å². The molecule has 0 aromatic carbocycles. The van der Waals surface area contributed by atoms with Gasteiger partial charge in [-0.1, -0.05) is 45.8 Å². The third kappa shape index (κ3) is 2.41. The number of fused-ring (bicyclic) bond motifs is 6. The molecule has 6 fully saturated rings. The predicted molar refractivity (Wildman–Crippen MR) is 132 cm³/mol. The fraction of sp³-hybridized carbons (Fsp3) is 0.933. The summed E-state index contributed by atoms with van der Waals surface area (Å²) in [5, 5.41) is 23.4. The maximum atomic E-state index is 12.4. The van der Waals surface area contributed by atoms with Gasteiger partial charge in [-0.3, -0.25) is 0 Å². The number of aliphatic hydroxyl groups is 2. The molecule has 0 aromatic heterocycles. The molecule has 11 atom stereocenters. The van der Waals surface area contributed by atoms with Gasteiger partial charge in [-0.15, -0.1) is 0 Å². The maximum Gasteiger partial charge on any atom is 0.199 e. The summed E-state index contributed by atoms with van der Waals surface area (Å²) in [7, 11) is 0. The van der Waals surface area contributed by atoms with Crippen LogP contribution in [-0.4, -0.2) is 52.6 Å². The Hall–Kier alpha value is -0.460. The zero-order valence-electron chi connectivity index (χ0n) is 22.8. The van der Waals surface area contributed by atoms with Crippen molar-refractivity contribution in [1.82, 2.24) is 0 Å². The third-order valence-corrected chi connectivity index (χ3v) is 13.0. The standard InChI is InChI=1S/C30H46O5/c1-16-14-19-23(26(4,5)32)35-30(34-19)22(16)27(6)12-10-18-17(28(27,7)24(30)31)8-9-20-25(2,3)21-11-13-29(18,20)15-33-21/h16,19-24,31-32H,8-15H2,1-7H3. The van der Waals surface area contributed by atoms with E-state index in [1.165, 1.54) is 18.4 Å². The molecular weight excluding hydrogens is 440 g/mol. The molecule has 0 amide bonds. The molecule has 11 unspecified atom stereocenters. The van der Waals surface area contributed by atoms with Crippen molar-refractivity contribution in [3.8, 4) is 0 Å². The molecule has 2 N–H and O–H groups in total. The first-order valence-electron chi connectivity index (χ1n) is 14.3. The largest absolute Gasteiger partial charge is 0.388 e. The van der Waals surface area contributed by atoms with Crippen LogP contribution in [0.4, 0.5) is 0 Å². The number of hydrogen-bond donors (Lipinski definition) is 2. The predicted octanol–water partition coefficient (Wildman–Crippen LogP) is 4.99. The Morgan fingerprint density at radius 2 is 1.71 bits per heavy atom. The lowest BCUT2D eigenvalue weighted by Crippen LogP contribution is -2.63. The molecule has 35 heavy (non-hydrogen) atoms. The SMILES string of the molecule is CC1CC2OC3(OC2C(C)(C)O)C1C1(C)CCC2=C(CCC4C25CCC(OC5)C4(C)C)C1(C)C3O. The van der Waals surface area contributed by atoms with Crippen LogP contribution >= 0.6 is 0 Å². The second-order valence-electron chi connectivity index (χ2n) is 15.1. The topological polar surface area (TPSA) is 68.2 Å². The van der Waals surface area contributed by atoms with Crippen LogP contribution in [-0.2, 0) is 14.2 Å². The van der Waals surface area contributed by atoms with E-state index in [1.54, 1.807) is 5.57 Å². The Morgan fingerprint density at radius 3 is 2.37 bits per heavy atom. The summed E-state index contributed by atoms with van der Waals surface area (Å²) >= 11 is 0. The van der Waals surface area contributed by atoms with Crippen molar-refractivity contribution in [2.75, 3.05) is 6.61 Å². The molecule has 196 valence electrons. The number of rotatable bonds is 1. The zero-order chi connectivity index (χ0) is 25.0. The van der Waals surface area contributed by atoms with Crippen molar-refractivity contribution < 1.29 is 24.4 Å². The highest BCUT2D eigenvalue weighted by atomic mass is 16.8. The smallest absolute Gasteiger partial charge is 0.199 e. The summed E-state index contributed by atoms with van der Waals surface area (Å²) in [5.41, 5.74) is 1.93. The van der Waals surface area contributed by atoms with Crippen LogP contribution in [0.1, 0.15) is 93.4 Å². The lowest BCUT2D eigenvalue weighted by molar-refractivity contribution is -0.280. The Morgan fingerprint density at radius 1 is 0.971 bits per heavy atom. The summed E-state index contributed by atoms with van der Waals surface area (Å²) in [5.74, 6) is 0.104. The molecule has 4 bridgehead atoms. The quantitative estimate of drug-likeness (QED) is 0.511. The average molecular weight is 487 g/mol. The zero-order valence-corrected chi connectivity index (χ0v) is 22.8. The fourth-order valence-corrected chi connectivity index (χ4v) is 11.5. The first-order valence-corrected chi connectivity index (χ1v) is 14.3. The van der Waals surface area contributed by atoms with Gasteiger partial charge in [0, 0.05) is 16.7 Å². The minimum Gasteiger partial charge on any atom is -0.388 e. The molecule has 4 heterocycles. The van der Waals surface area contributed by atoms with E-state index in [9.17, 15) is 10.2 Å². The van der Waals surface area contributed by atoms with Crippen LogP contribution in [0.5, 0.6) is 0 Å². The maximum absolute atomic E-state index is 12.4. The van der Waals surface area contributed by atoms with Crippen LogP contribution < -0.4 is 0 Å². The van der Waals surface area contributed by atoms with Crippen LogP contribution in [0.25, 0.3) is 0 Å². The highest BCUT2D eigenvalue weighted by Gasteiger charge is 2.80. The van der Waals surface area contributed by atoms with E-state index >= 15 is 0 Å². The molecule has 4 aliphatic heterocycles. The van der Waals surface area contributed by atoms with Crippen LogP contribution in [0.2, 0.25) is 0 Å². The highest BCUT2D eigenvalue weighted by Crippen LogP contribution is 2.77. The molecule has 4 aliphatic carbocycles. The van der Waals surface area contributed by atoms with Gasteiger partial charge in [0.1, 0.15) is 12.2 Å². The lowest BCUT2D eigenvalue weighted by Gasteiger charge is -2.66. The third-order valence-electron chi connectivity index (χ3n) is 13.0. The Balaban J connectivity index is 1.39. The van der Waals surface area contributed by atoms with Crippen LogP contribution in [0, 0.1) is 39.4 Å². The molecule has 5 heteroatoms. The molecule has 8 rings (SSSR count). The lowest BCUT2D eigenvalue weighted by atomic mass is 9.42. The molecule has 4 saturated heterocycles. The van der Waals surface area contributed by atoms with E-state index in [0.717, 1.165) is 38.7 Å². The van der Waals surface area contributed by atoms with Crippen LogP contribution in [0.3, 0.4) is 0 Å². The van der Waals surface area contributed by atoms with Gasteiger partial charge in [-0.25, -0.2) is 0 Å². The van der Waals surface area contributed by atoms with Crippen molar-refractivity contribution in [1.29, 1.82) is 0 Å². The van der Waals surface area contributed by atoms with Crippen molar-refractivity contribution in [2.45, 2.75) is 129 Å². The monoisotopic (exact) mass is 486 g/mol. The van der Waals surface area contributed by atoms with Crippen molar-refractivity contribution in [3.63, 3.8) is 0 Å². The summed E-state index contributed by atoms with van der Waals surface area (Å²) in [6, 6.07) is 0. The van der Waals surface area contributed by atoms with Crippen LogP contribution in [0.15, 0.2) is 11.1 Å². The van der Waals surface area contributed by atoms with Gasteiger partial charge in [-0.05, 0) is 81.5 Å². The number of aliphatic hydroxyl groups excluding tert-OH is 1. The van der Waals surface area contributed by atoms with Crippen molar-refractivity contribution in [2.24, 2.45) is 39.4 Å². The Bertz CT molecular complexity index is 985. The molecule has 2 spiro atoms. The van der Waals surface area contributed by atoms with Gasteiger partial charge < -0.3 is 24.4 Å². The number of ether oxygens (including phenoxy) is 3. The number of hydrogen-bond acceptors (Lipinski definition) is 5. The molecule has 0 radical (unpaired) electrons. The average Bonchev–Trinajstić information content (AvgIpc) is 3.17. The van der Waals surface area contributed by atoms with Crippen molar-refractivity contribution >= 4 is 0 Å². The summed E-state index contributed by atoms with van der Waals surface area (Å²) in [4.78, 5) is 0. The highest BCUT2D eigenvalue weighted by molar-refractivity contribution is 5.43. The Labute approximate surface area is 211 Å². The van der Waals surface area contributed by atoms with E-state index < -0.39 is 29.0 Å². The Kier molecular flexibility index (Phi) is 4.44. The summed E-state index contributed by atoms with van der Waals surface area (Å²) in [6.07, 6.45) is 6.73. The minimum atomic E-state index is -1.03. The van der Waals surface area contributed by atoms with E-state index in [4.69, 9.17) is 14.2 Å². The first-order chi connectivity index (χ1) is 16.2. The van der Waals surface area contributed by atoms with E-state index in [0.29, 0.717) is 17.9 Å². The molecule has 8 aliphatic rings.